The van der Waals surface area contributed by atoms with E-state index >= 15 is 0 Å². The molecule has 5 heteroatoms. The Hall–Kier alpha value is -1.52. The van der Waals surface area contributed by atoms with Crippen molar-refractivity contribution in [2.75, 3.05) is 26.2 Å². The first kappa shape index (κ1) is 12.9. The number of piperazine rings is 1. The summed E-state index contributed by atoms with van der Waals surface area (Å²) in [5.41, 5.74) is 0.0162. The lowest BCUT2D eigenvalue weighted by molar-refractivity contribution is -0.128. The van der Waals surface area contributed by atoms with Crippen LogP contribution in [0.4, 0.5) is 4.79 Å². The van der Waals surface area contributed by atoms with Gasteiger partial charge in [-0.1, -0.05) is 26.8 Å². The zero-order valence-electron chi connectivity index (χ0n) is 11.3. The molecule has 2 fully saturated rings. The molecule has 0 aromatic rings. The van der Waals surface area contributed by atoms with Gasteiger partial charge in [0.2, 0.25) is 5.91 Å². The standard InChI is InChI=1S/C13H21N3O2/c1-13(2,3)5-4-11(17)15-6-7-16-10(9-15)8-14-12(16)18/h4-5,10H,6-9H2,1-3H3,(H,14,18). The number of urea groups is 1. The van der Waals surface area contributed by atoms with Crippen LogP contribution < -0.4 is 5.32 Å². The summed E-state index contributed by atoms with van der Waals surface area (Å²) in [7, 11) is 0. The second kappa shape index (κ2) is 4.63. The van der Waals surface area contributed by atoms with Crippen LogP contribution in [-0.4, -0.2) is 54.0 Å². The molecule has 1 N–H and O–H groups in total. The van der Waals surface area contributed by atoms with E-state index in [1.54, 1.807) is 6.08 Å². The van der Waals surface area contributed by atoms with Crippen molar-refractivity contribution in [2.45, 2.75) is 26.8 Å². The fourth-order valence-electron chi connectivity index (χ4n) is 2.23. The van der Waals surface area contributed by atoms with Gasteiger partial charge in [-0.05, 0) is 11.5 Å². The van der Waals surface area contributed by atoms with Crippen LogP contribution in [0.5, 0.6) is 0 Å². The Balaban J connectivity index is 1.94. The maximum atomic E-state index is 12.0. The van der Waals surface area contributed by atoms with Crippen LogP contribution in [0.2, 0.25) is 0 Å². The molecule has 100 valence electrons. The van der Waals surface area contributed by atoms with E-state index in [9.17, 15) is 9.59 Å². The highest BCUT2D eigenvalue weighted by molar-refractivity contribution is 5.88. The molecule has 1 unspecified atom stereocenters. The molecule has 2 aliphatic heterocycles. The van der Waals surface area contributed by atoms with Crippen LogP contribution in [0.25, 0.3) is 0 Å². The summed E-state index contributed by atoms with van der Waals surface area (Å²) >= 11 is 0. The normalized spacial score (nSPS) is 24.4. The van der Waals surface area contributed by atoms with Gasteiger partial charge in [0, 0.05) is 26.2 Å². The first-order chi connectivity index (χ1) is 8.37. The largest absolute Gasteiger partial charge is 0.336 e. The van der Waals surface area contributed by atoms with Crippen molar-refractivity contribution in [2.24, 2.45) is 5.41 Å². The number of amides is 3. The average Bonchev–Trinajstić information content (AvgIpc) is 2.66. The zero-order valence-corrected chi connectivity index (χ0v) is 11.3. The topological polar surface area (TPSA) is 52.7 Å². The zero-order chi connectivity index (χ0) is 13.3. The second-order valence-electron chi connectivity index (χ2n) is 6.02. The van der Waals surface area contributed by atoms with E-state index in [0.717, 1.165) is 0 Å². The molecule has 2 rings (SSSR count). The average molecular weight is 251 g/mol. The lowest BCUT2D eigenvalue weighted by Crippen LogP contribution is -2.53. The SMILES string of the molecule is CC(C)(C)C=CC(=O)N1CCN2C(=O)NCC2C1. The summed E-state index contributed by atoms with van der Waals surface area (Å²) in [4.78, 5) is 27.1. The number of hydrogen-bond acceptors (Lipinski definition) is 2. The van der Waals surface area contributed by atoms with Gasteiger partial charge in [0.1, 0.15) is 0 Å². The van der Waals surface area contributed by atoms with Gasteiger partial charge in [-0.2, -0.15) is 0 Å². The van der Waals surface area contributed by atoms with E-state index in [2.05, 4.69) is 26.1 Å². The number of fused-ring (bicyclic) bond motifs is 1. The number of carbonyl (C=O) groups is 2. The summed E-state index contributed by atoms with van der Waals surface area (Å²) in [6.07, 6.45) is 3.58. The first-order valence-corrected chi connectivity index (χ1v) is 6.39. The fourth-order valence-corrected chi connectivity index (χ4v) is 2.23. The van der Waals surface area contributed by atoms with Gasteiger partial charge in [0.25, 0.3) is 0 Å². The Bertz CT molecular complexity index is 384. The minimum absolute atomic E-state index is 0.00247. The third kappa shape index (κ3) is 2.83. The van der Waals surface area contributed by atoms with E-state index in [4.69, 9.17) is 0 Å². The highest BCUT2D eigenvalue weighted by Crippen LogP contribution is 2.17. The highest BCUT2D eigenvalue weighted by atomic mass is 16.2. The second-order valence-corrected chi connectivity index (χ2v) is 6.02. The number of hydrogen-bond donors (Lipinski definition) is 1. The molecule has 2 heterocycles. The summed E-state index contributed by atoms with van der Waals surface area (Å²) in [5.74, 6) is 0.0453. The molecule has 18 heavy (non-hydrogen) atoms. The third-order valence-electron chi connectivity index (χ3n) is 3.27. The quantitative estimate of drug-likeness (QED) is 0.702. The van der Waals surface area contributed by atoms with Crippen molar-refractivity contribution in [3.8, 4) is 0 Å². The van der Waals surface area contributed by atoms with Gasteiger partial charge in [0.05, 0.1) is 6.04 Å². The molecular formula is C13H21N3O2. The molecule has 2 saturated heterocycles. The van der Waals surface area contributed by atoms with Crippen molar-refractivity contribution in [3.63, 3.8) is 0 Å². The lowest BCUT2D eigenvalue weighted by atomic mass is 9.96. The Labute approximate surface area is 108 Å². The van der Waals surface area contributed by atoms with Crippen LogP contribution in [0.3, 0.4) is 0 Å². The highest BCUT2D eigenvalue weighted by Gasteiger charge is 2.36. The Morgan fingerprint density at radius 2 is 2.11 bits per heavy atom. The fraction of sp³-hybridized carbons (Fsp3) is 0.692. The maximum absolute atomic E-state index is 12.0. The van der Waals surface area contributed by atoms with Gasteiger partial charge in [0.15, 0.2) is 0 Å². The number of allylic oxidation sites excluding steroid dienone is 1. The molecule has 0 spiro atoms. The van der Waals surface area contributed by atoms with Crippen LogP contribution >= 0.6 is 0 Å². The van der Waals surface area contributed by atoms with E-state index in [0.29, 0.717) is 26.2 Å². The van der Waals surface area contributed by atoms with Gasteiger partial charge in [-0.15, -0.1) is 0 Å². The summed E-state index contributed by atoms with van der Waals surface area (Å²) in [6.45, 7) is 8.72. The number of rotatable bonds is 1. The molecular weight excluding hydrogens is 230 g/mol. The van der Waals surface area contributed by atoms with Crippen LogP contribution in [0.15, 0.2) is 12.2 Å². The van der Waals surface area contributed by atoms with Crippen LogP contribution in [0.1, 0.15) is 20.8 Å². The van der Waals surface area contributed by atoms with Crippen molar-refractivity contribution >= 4 is 11.9 Å². The Morgan fingerprint density at radius 1 is 1.39 bits per heavy atom. The third-order valence-corrected chi connectivity index (χ3v) is 3.27. The van der Waals surface area contributed by atoms with Crippen molar-refractivity contribution in [3.05, 3.63) is 12.2 Å². The molecule has 0 saturated carbocycles. The monoisotopic (exact) mass is 251 g/mol. The van der Waals surface area contributed by atoms with Gasteiger partial charge in [-0.3, -0.25) is 4.79 Å². The van der Waals surface area contributed by atoms with Crippen LogP contribution in [0, 0.1) is 5.41 Å². The number of nitrogens with one attached hydrogen (secondary N) is 1. The maximum Gasteiger partial charge on any atom is 0.317 e. The molecule has 1 atom stereocenters. The van der Waals surface area contributed by atoms with Crippen molar-refractivity contribution < 1.29 is 9.59 Å². The number of carbonyl (C=O) groups excluding carboxylic acids is 2. The molecule has 0 radical (unpaired) electrons. The Morgan fingerprint density at radius 3 is 2.78 bits per heavy atom. The minimum Gasteiger partial charge on any atom is -0.336 e. The molecule has 3 amide bonds. The van der Waals surface area contributed by atoms with Gasteiger partial charge < -0.3 is 15.1 Å². The first-order valence-electron chi connectivity index (χ1n) is 6.39. The van der Waals surface area contributed by atoms with E-state index in [1.165, 1.54) is 0 Å². The molecule has 5 nitrogen and oxygen atoms in total. The predicted octanol–water partition coefficient (Wildman–Crippen LogP) is 0.825. The van der Waals surface area contributed by atoms with E-state index in [1.807, 2.05) is 15.9 Å². The summed E-state index contributed by atoms with van der Waals surface area (Å²) in [5, 5.41) is 2.81. The predicted molar refractivity (Wildman–Crippen MR) is 69.1 cm³/mol. The number of nitrogens with zero attached hydrogens (tertiary/aromatic N) is 2. The molecule has 0 aromatic heterocycles. The smallest absolute Gasteiger partial charge is 0.317 e. The summed E-state index contributed by atoms with van der Waals surface area (Å²) in [6, 6.07) is 0.135. The minimum atomic E-state index is -0.00247. The molecule has 2 aliphatic rings. The summed E-state index contributed by atoms with van der Waals surface area (Å²) < 4.78 is 0. The van der Waals surface area contributed by atoms with E-state index < -0.39 is 0 Å². The Kier molecular flexibility index (Phi) is 3.32. The van der Waals surface area contributed by atoms with Gasteiger partial charge in [-0.25, -0.2) is 4.79 Å². The van der Waals surface area contributed by atoms with Crippen molar-refractivity contribution in [1.82, 2.24) is 15.1 Å². The van der Waals surface area contributed by atoms with E-state index in [-0.39, 0.29) is 23.4 Å². The molecule has 0 aliphatic carbocycles. The molecule has 0 bridgehead atoms. The molecule has 0 aromatic carbocycles. The lowest BCUT2D eigenvalue weighted by Gasteiger charge is -2.36. The van der Waals surface area contributed by atoms with Crippen LogP contribution in [-0.2, 0) is 4.79 Å². The van der Waals surface area contributed by atoms with Crippen molar-refractivity contribution in [1.29, 1.82) is 0 Å². The van der Waals surface area contributed by atoms with Gasteiger partial charge >= 0.3 is 6.03 Å².